The molecule has 4 rings (SSSR count). The van der Waals surface area contributed by atoms with Gasteiger partial charge >= 0.3 is 0 Å². The van der Waals surface area contributed by atoms with E-state index in [1.807, 2.05) is 37.3 Å². The molecule has 1 amide bonds. The van der Waals surface area contributed by atoms with Crippen molar-refractivity contribution in [3.63, 3.8) is 0 Å². The Morgan fingerprint density at radius 2 is 2.00 bits per heavy atom. The van der Waals surface area contributed by atoms with Crippen LogP contribution in [0.2, 0.25) is 5.02 Å². The summed E-state index contributed by atoms with van der Waals surface area (Å²) >= 11 is 5.99. The van der Waals surface area contributed by atoms with Crippen LogP contribution in [0.15, 0.2) is 48.7 Å². The summed E-state index contributed by atoms with van der Waals surface area (Å²) in [6.07, 6.45) is 2.15. The first kappa shape index (κ1) is 18.4. The van der Waals surface area contributed by atoms with Gasteiger partial charge in [-0.3, -0.25) is 4.79 Å². The van der Waals surface area contributed by atoms with E-state index in [0.29, 0.717) is 35.4 Å². The molecule has 0 aliphatic carbocycles. The van der Waals surface area contributed by atoms with Crippen LogP contribution in [0.4, 0.5) is 5.82 Å². The number of methoxy groups -OCH3 is 1. The SMILES string of the molecule is CCOc1ccc(C2CC(=O)Nc3c2cnn3-c2ccc(Cl)cc2)cc1OC. The van der Waals surface area contributed by atoms with Gasteiger partial charge in [0.1, 0.15) is 5.82 Å². The summed E-state index contributed by atoms with van der Waals surface area (Å²) in [6, 6.07) is 13.1. The molecule has 1 N–H and O–H groups in total. The van der Waals surface area contributed by atoms with Gasteiger partial charge in [-0.25, -0.2) is 4.68 Å². The van der Waals surface area contributed by atoms with E-state index in [-0.39, 0.29) is 11.8 Å². The summed E-state index contributed by atoms with van der Waals surface area (Å²) in [5.41, 5.74) is 2.77. The molecule has 1 unspecified atom stereocenters. The lowest BCUT2D eigenvalue weighted by molar-refractivity contribution is -0.116. The van der Waals surface area contributed by atoms with E-state index in [1.54, 1.807) is 30.1 Å². The molecular formula is C21H20ClN3O3. The van der Waals surface area contributed by atoms with Crippen molar-refractivity contribution in [2.75, 3.05) is 19.0 Å². The molecule has 2 aromatic carbocycles. The monoisotopic (exact) mass is 397 g/mol. The fourth-order valence-corrected chi connectivity index (χ4v) is 3.60. The topological polar surface area (TPSA) is 65.4 Å². The van der Waals surface area contributed by atoms with Crippen LogP contribution in [0, 0.1) is 0 Å². The number of hydrogen-bond donors (Lipinski definition) is 1. The summed E-state index contributed by atoms with van der Waals surface area (Å²) in [6.45, 7) is 2.48. The molecule has 3 aromatic rings. The molecule has 6 nitrogen and oxygen atoms in total. The molecule has 28 heavy (non-hydrogen) atoms. The zero-order chi connectivity index (χ0) is 19.7. The third-order valence-corrected chi connectivity index (χ3v) is 5.03. The van der Waals surface area contributed by atoms with E-state index in [1.165, 1.54) is 0 Å². The van der Waals surface area contributed by atoms with E-state index >= 15 is 0 Å². The van der Waals surface area contributed by atoms with E-state index in [9.17, 15) is 4.79 Å². The molecule has 2 heterocycles. The van der Waals surface area contributed by atoms with Gasteiger partial charge in [-0.15, -0.1) is 0 Å². The second kappa shape index (κ2) is 7.56. The van der Waals surface area contributed by atoms with Gasteiger partial charge in [-0.1, -0.05) is 17.7 Å². The number of aromatic nitrogens is 2. The Balaban J connectivity index is 1.76. The Labute approximate surface area is 168 Å². The molecule has 1 aromatic heterocycles. The Morgan fingerprint density at radius 3 is 2.71 bits per heavy atom. The average molecular weight is 398 g/mol. The predicted molar refractivity (Wildman–Crippen MR) is 108 cm³/mol. The second-order valence-electron chi connectivity index (χ2n) is 6.48. The smallest absolute Gasteiger partial charge is 0.226 e. The zero-order valence-electron chi connectivity index (χ0n) is 15.6. The van der Waals surface area contributed by atoms with Crippen molar-refractivity contribution in [1.82, 2.24) is 9.78 Å². The fourth-order valence-electron chi connectivity index (χ4n) is 3.47. The number of ether oxygens (including phenoxy) is 2. The van der Waals surface area contributed by atoms with Crippen LogP contribution in [0.3, 0.4) is 0 Å². The lowest BCUT2D eigenvalue weighted by atomic mass is 9.87. The standard InChI is InChI=1S/C21H20ClN3O3/c1-3-28-18-9-4-13(10-19(18)27-2)16-11-20(26)24-21-17(16)12-23-25(21)15-7-5-14(22)6-8-15/h4-10,12,16H,3,11H2,1-2H3,(H,24,26). The molecule has 0 fully saturated rings. The highest BCUT2D eigenvalue weighted by molar-refractivity contribution is 6.30. The van der Waals surface area contributed by atoms with Crippen LogP contribution in [0.5, 0.6) is 11.5 Å². The lowest BCUT2D eigenvalue weighted by Crippen LogP contribution is -2.24. The number of carbonyl (C=O) groups is 1. The van der Waals surface area contributed by atoms with E-state index < -0.39 is 0 Å². The summed E-state index contributed by atoms with van der Waals surface area (Å²) < 4.78 is 12.8. The highest BCUT2D eigenvalue weighted by atomic mass is 35.5. The van der Waals surface area contributed by atoms with Crippen molar-refractivity contribution in [3.05, 3.63) is 64.8 Å². The van der Waals surface area contributed by atoms with Gasteiger partial charge in [0.25, 0.3) is 0 Å². The third-order valence-electron chi connectivity index (χ3n) is 4.78. The lowest BCUT2D eigenvalue weighted by Gasteiger charge is -2.24. The number of hydrogen-bond acceptors (Lipinski definition) is 4. The molecule has 0 radical (unpaired) electrons. The molecule has 1 aliphatic rings. The normalized spacial score (nSPS) is 15.7. The number of anilines is 1. The first-order chi connectivity index (χ1) is 13.6. The Hall–Kier alpha value is -2.99. The van der Waals surface area contributed by atoms with Crippen LogP contribution in [-0.2, 0) is 4.79 Å². The molecule has 1 aliphatic heterocycles. The summed E-state index contributed by atoms with van der Waals surface area (Å²) in [7, 11) is 1.61. The number of halogens is 1. The number of carbonyl (C=O) groups excluding carboxylic acids is 1. The maximum atomic E-state index is 12.4. The molecule has 0 spiro atoms. The minimum atomic E-state index is -0.116. The highest BCUT2D eigenvalue weighted by Crippen LogP contribution is 2.40. The van der Waals surface area contributed by atoms with Gasteiger partial charge in [-0.2, -0.15) is 5.10 Å². The minimum Gasteiger partial charge on any atom is -0.493 e. The average Bonchev–Trinajstić information content (AvgIpc) is 3.12. The van der Waals surface area contributed by atoms with Crippen molar-refractivity contribution >= 4 is 23.3 Å². The van der Waals surface area contributed by atoms with Gasteiger partial charge in [0.2, 0.25) is 5.91 Å². The Kier molecular flexibility index (Phi) is 4.96. The van der Waals surface area contributed by atoms with Crippen molar-refractivity contribution in [2.24, 2.45) is 0 Å². The van der Waals surface area contributed by atoms with Crippen LogP contribution in [0.1, 0.15) is 30.4 Å². The van der Waals surface area contributed by atoms with E-state index in [2.05, 4.69) is 10.4 Å². The maximum absolute atomic E-state index is 12.4. The number of benzene rings is 2. The Bertz CT molecular complexity index is 1010. The number of rotatable bonds is 5. The number of nitrogens with zero attached hydrogens (tertiary/aromatic N) is 2. The summed E-state index contributed by atoms with van der Waals surface area (Å²) in [5.74, 6) is 1.84. The van der Waals surface area contributed by atoms with Gasteiger partial charge < -0.3 is 14.8 Å². The van der Waals surface area contributed by atoms with E-state index in [4.69, 9.17) is 21.1 Å². The van der Waals surface area contributed by atoms with Crippen molar-refractivity contribution < 1.29 is 14.3 Å². The molecule has 144 valence electrons. The van der Waals surface area contributed by atoms with Crippen molar-refractivity contribution in [2.45, 2.75) is 19.3 Å². The quantitative estimate of drug-likeness (QED) is 0.692. The van der Waals surface area contributed by atoms with E-state index in [0.717, 1.165) is 16.8 Å². The molecule has 7 heteroatoms. The van der Waals surface area contributed by atoms with Crippen LogP contribution in [-0.4, -0.2) is 29.4 Å². The minimum absolute atomic E-state index is 0.0546. The molecule has 1 atom stereocenters. The van der Waals surface area contributed by atoms with Crippen LogP contribution in [0.25, 0.3) is 5.69 Å². The van der Waals surface area contributed by atoms with Gasteiger partial charge in [0, 0.05) is 22.9 Å². The molecule has 0 saturated carbocycles. The molecule has 0 bridgehead atoms. The first-order valence-electron chi connectivity index (χ1n) is 9.05. The number of fused-ring (bicyclic) bond motifs is 1. The van der Waals surface area contributed by atoms with Gasteiger partial charge in [0.05, 0.1) is 25.6 Å². The largest absolute Gasteiger partial charge is 0.493 e. The zero-order valence-corrected chi connectivity index (χ0v) is 16.4. The van der Waals surface area contributed by atoms with Crippen molar-refractivity contribution in [1.29, 1.82) is 0 Å². The first-order valence-corrected chi connectivity index (χ1v) is 9.43. The fraction of sp³-hybridized carbons (Fsp3) is 0.238. The van der Waals surface area contributed by atoms with Gasteiger partial charge in [-0.05, 0) is 48.9 Å². The predicted octanol–water partition coefficient (Wildman–Crippen LogP) is 4.41. The van der Waals surface area contributed by atoms with Crippen LogP contribution >= 0.6 is 11.6 Å². The molecule has 0 saturated heterocycles. The Morgan fingerprint density at radius 1 is 1.21 bits per heavy atom. The highest BCUT2D eigenvalue weighted by Gasteiger charge is 2.31. The molecular weight excluding hydrogens is 378 g/mol. The number of amides is 1. The van der Waals surface area contributed by atoms with Gasteiger partial charge in [0.15, 0.2) is 11.5 Å². The van der Waals surface area contributed by atoms with Crippen molar-refractivity contribution in [3.8, 4) is 17.2 Å². The maximum Gasteiger partial charge on any atom is 0.226 e. The number of nitrogens with one attached hydrogen (secondary N) is 1. The second-order valence-corrected chi connectivity index (χ2v) is 6.92. The van der Waals surface area contributed by atoms with Crippen LogP contribution < -0.4 is 14.8 Å². The summed E-state index contributed by atoms with van der Waals surface area (Å²) in [5, 5.41) is 8.10. The third kappa shape index (κ3) is 3.31. The summed E-state index contributed by atoms with van der Waals surface area (Å²) in [4.78, 5) is 12.4.